The fourth-order valence-corrected chi connectivity index (χ4v) is 2.23. The summed E-state index contributed by atoms with van der Waals surface area (Å²) in [6.45, 7) is 2.18. The van der Waals surface area contributed by atoms with Crippen molar-refractivity contribution >= 4 is 29.9 Å². The van der Waals surface area contributed by atoms with Gasteiger partial charge < -0.3 is 24.7 Å². The molecule has 1 aromatic carbocycles. The van der Waals surface area contributed by atoms with Gasteiger partial charge in [-0.2, -0.15) is 0 Å². The summed E-state index contributed by atoms with van der Waals surface area (Å²) in [6, 6.07) is 9.71. The first-order valence-corrected chi connectivity index (χ1v) is 8.03. The Balaban J connectivity index is 0.00000312. The third-order valence-corrected chi connectivity index (χ3v) is 3.50. The number of nitrogens with one attached hydrogen (secondary N) is 2. The molecule has 7 heteroatoms. The standard InChI is InChI=1S/C18H26N4O2.HI/c1-19-18(21-13-15-8-10-22(2)14-15)20-9-5-11-24-17-7-4-6-16(12-17)23-3;/h4,6-8,10,12,14H,5,9,11,13H2,1-3H3,(H2,19,20,21);1H. The molecule has 1 aromatic heterocycles. The molecule has 2 rings (SSSR count). The molecule has 0 unspecified atom stereocenters. The zero-order chi connectivity index (χ0) is 17.2. The molecule has 25 heavy (non-hydrogen) atoms. The maximum atomic E-state index is 5.71. The molecule has 0 aliphatic carbocycles. The maximum Gasteiger partial charge on any atom is 0.191 e. The highest BCUT2D eigenvalue weighted by molar-refractivity contribution is 14.0. The van der Waals surface area contributed by atoms with Crippen LogP contribution in [0.25, 0.3) is 0 Å². The second kappa shape index (κ2) is 11.6. The lowest BCUT2D eigenvalue weighted by atomic mass is 10.3. The number of benzene rings is 1. The third kappa shape index (κ3) is 7.68. The van der Waals surface area contributed by atoms with E-state index in [0.717, 1.165) is 37.0 Å². The molecule has 2 aromatic rings. The first-order valence-electron chi connectivity index (χ1n) is 8.03. The van der Waals surface area contributed by atoms with E-state index in [2.05, 4.69) is 27.9 Å². The predicted octanol–water partition coefficient (Wildman–Crippen LogP) is 2.79. The summed E-state index contributed by atoms with van der Waals surface area (Å²) >= 11 is 0. The predicted molar refractivity (Wildman–Crippen MR) is 112 cm³/mol. The second-order valence-corrected chi connectivity index (χ2v) is 5.42. The Hall–Kier alpha value is -1.90. The number of ether oxygens (including phenoxy) is 2. The highest BCUT2D eigenvalue weighted by Gasteiger charge is 2.00. The monoisotopic (exact) mass is 458 g/mol. The SMILES string of the molecule is CN=C(NCCCOc1cccc(OC)c1)NCc1ccn(C)c1.I. The molecule has 2 N–H and O–H groups in total. The van der Waals surface area contributed by atoms with Gasteiger partial charge in [-0.3, -0.25) is 4.99 Å². The zero-order valence-electron chi connectivity index (χ0n) is 15.0. The van der Waals surface area contributed by atoms with Crippen molar-refractivity contribution in [3.8, 4) is 11.5 Å². The van der Waals surface area contributed by atoms with Crippen LogP contribution < -0.4 is 20.1 Å². The maximum absolute atomic E-state index is 5.71. The Morgan fingerprint density at radius 1 is 1.20 bits per heavy atom. The van der Waals surface area contributed by atoms with Gasteiger partial charge in [0, 0.05) is 45.6 Å². The average Bonchev–Trinajstić information content (AvgIpc) is 3.03. The summed E-state index contributed by atoms with van der Waals surface area (Å²) in [4.78, 5) is 4.22. The minimum Gasteiger partial charge on any atom is -0.497 e. The molecular formula is C18H27IN4O2. The average molecular weight is 458 g/mol. The van der Waals surface area contributed by atoms with Crippen LogP contribution in [0, 0.1) is 0 Å². The number of hydrogen-bond donors (Lipinski definition) is 2. The van der Waals surface area contributed by atoms with E-state index in [0.29, 0.717) is 6.61 Å². The van der Waals surface area contributed by atoms with Crippen molar-refractivity contribution in [1.29, 1.82) is 0 Å². The van der Waals surface area contributed by atoms with Gasteiger partial charge >= 0.3 is 0 Å². The van der Waals surface area contributed by atoms with Gasteiger partial charge in [-0.15, -0.1) is 24.0 Å². The molecule has 1 heterocycles. The summed E-state index contributed by atoms with van der Waals surface area (Å²) in [7, 11) is 5.43. The lowest BCUT2D eigenvalue weighted by Gasteiger charge is -2.12. The number of aliphatic imine (C=N–C) groups is 1. The lowest BCUT2D eigenvalue weighted by molar-refractivity contribution is 0.308. The van der Waals surface area contributed by atoms with Crippen molar-refractivity contribution < 1.29 is 9.47 Å². The van der Waals surface area contributed by atoms with Crippen molar-refractivity contribution in [2.24, 2.45) is 12.0 Å². The molecule has 0 spiro atoms. The third-order valence-electron chi connectivity index (χ3n) is 3.50. The molecule has 0 aliphatic rings. The van der Waals surface area contributed by atoms with Gasteiger partial charge in [-0.1, -0.05) is 6.07 Å². The van der Waals surface area contributed by atoms with Crippen LogP contribution >= 0.6 is 24.0 Å². The highest BCUT2D eigenvalue weighted by Crippen LogP contribution is 2.18. The van der Waals surface area contributed by atoms with Crippen molar-refractivity contribution in [1.82, 2.24) is 15.2 Å². The number of hydrogen-bond acceptors (Lipinski definition) is 3. The summed E-state index contributed by atoms with van der Waals surface area (Å²) in [6.07, 6.45) is 4.99. The van der Waals surface area contributed by atoms with Crippen LogP contribution in [0.15, 0.2) is 47.7 Å². The van der Waals surface area contributed by atoms with Crippen LogP contribution in [0.3, 0.4) is 0 Å². The van der Waals surface area contributed by atoms with Gasteiger partial charge in [-0.05, 0) is 30.2 Å². The topological polar surface area (TPSA) is 59.8 Å². The van der Waals surface area contributed by atoms with Crippen molar-refractivity contribution in [2.75, 3.05) is 27.3 Å². The molecule has 138 valence electrons. The fraction of sp³-hybridized carbons (Fsp3) is 0.389. The normalized spacial score (nSPS) is 10.8. The van der Waals surface area contributed by atoms with Crippen LogP contribution in [0.5, 0.6) is 11.5 Å². The van der Waals surface area contributed by atoms with E-state index in [1.807, 2.05) is 42.1 Å². The largest absolute Gasteiger partial charge is 0.497 e. The van der Waals surface area contributed by atoms with Crippen LogP contribution in [0.2, 0.25) is 0 Å². The molecule has 0 amide bonds. The Labute approximate surface area is 166 Å². The first-order chi connectivity index (χ1) is 11.7. The number of halogens is 1. The van der Waals surface area contributed by atoms with Crippen LogP contribution in [-0.2, 0) is 13.6 Å². The molecule has 0 aliphatic heterocycles. The van der Waals surface area contributed by atoms with Crippen molar-refractivity contribution in [3.05, 3.63) is 48.3 Å². The zero-order valence-corrected chi connectivity index (χ0v) is 17.3. The number of aromatic nitrogens is 1. The minimum absolute atomic E-state index is 0. The van der Waals surface area contributed by atoms with Crippen LogP contribution in [-0.4, -0.2) is 37.8 Å². The first kappa shape index (κ1) is 21.1. The molecule has 6 nitrogen and oxygen atoms in total. The van der Waals surface area contributed by atoms with Gasteiger partial charge in [0.25, 0.3) is 0 Å². The Morgan fingerprint density at radius 3 is 2.68 bits per heavy atom. The van der Waals surface area contributed by atoms with E-state index in [1.165, 1.54) is 5.56 Å². The Kier molecular flexibility index (Phi) is 9.83. The van der Waals surface area contributed by atoms with Crippen molar-refractivity contribution in [2.45, 2.75) is 13.0 Å². The molecule has 0 saturated carbocycles. The lowest BCUT2D eigenvalue weighted by Crippen LogP contribution is -2.37. The van der Waals surface area contributed by atoms with E-state index >= 15 is 0 Å². The molecule has 0 fully saturated rings. The Bertz CT molecular complexity index is 658. The van der Waals surface area contributed by atoms with E-state index in [1.54, 1.807) is 14.2 Å². The molecule has 0 radical (unpaired) electrons. The van der Waals surface area contributed by atoms with Crippen LogP contribution in [0.4, 0.5) is 0 Å². The number of guanidine groups is 1. The fourth-order valence-electron chi connectivity index (χ4n) is 2.23. The Morgan fingerprint density at radius 2 is 2.00 bits per heavy atom. The minimum atomic E-state index is 0. The number of nitrogens with zero attached hydrogens (tertiary/aromatic N) is 2. The van der Waals surface area contributed by atoms with Crippen molar-refractivity contribution in [3.63, 3.8) is 0 Å². The summed E-state index contributed by atoms with van der Waals surface area (Å²) in [5.74, 6) is 2.41. The summed E-state index contributed by atoms with van der Waals surface area (Å²) < 4.78 is 12.9. The number of rotatable bonds is 8. The smallest absolute Gasteiger partial charge is 0.191 e. The van der Waals surface area contributed by atoms with Gasteiger partial charge in [0.05, 0.1) is 13.7 Å². The number of methoxy groups -OCH3 is 1. The second-order valence-electron chi connectivity index (χ2n) is 5.42. The summed E-state index contributed by atoms with van der Waals surface area (Å²) in [5.41, 5.74) is 1.22. The van der Waals surface area contributed by atoms with Crippen LogP contribution in [0.1, 0.15) is 12.0 Å². The summed E-state index contributed by atoms with van der Waals surface area (Å²) in [5, 5.41) is 6.57. The molecule has 0 atom stereocenters. The quantitative estimate of drug-likeness (QED) is 0.277. The van der Waals surface area contributed by atoms with E-state index in [9.17, 15) is 0 Å². The molecular weight excluding hydrogens is 431 g/mol. The highest BCUT2D eigenvalue weighted by atomic mass is 127. The molecule has 0 bridgehead atoms. The van der Waals surface area contributed by atoms with Gasteiger partial charge in [0.15, 0.2) is 5.96 Å². The van der Waals surface area contributed by atoms with E-state index < -0.39 is 0 Å². The van der Waals surface area contributed by atoms with Gasteiger partial charge in [-0.25, -0.2) is 0 Å². The molecule has 0 saturated heterocycles. The van der Waals surface area contributed by atoms with Gasteiger partial charge in [0.2, 0.25) is 0 Å². The van der Waals surface area contributed by atoms with E-state index in [-0.39, 0.29) is 24.0 Å². The van der Waals surface area contributed by atoms with E-state index in [4.69, 9.17) is 9.47 Å². The number of aryl methyl sites for hydroxylation is 1. The van der Waals surface area contributed by atoms with Gasteiger partial charge in [0.1, 0.15) is 11.5 Å².